The molecule has 11 heavy (non-hydrogen) atoms. The van der Waals surface area contributed by atoms with Gasteiger partial charge in [-0.25, -0.2) is 0 Å². The van der Waals surface area contributed by atoms with Crippen LogP contribution in [-0.4, -0.2) is 14.0 Å². The standard InChI is InChI=1S/C2H2F4OS4/c3-8-1(9-4)2(7,10-5)11-6/h1,7H. The van der Waals surface area contributed by atoms with Crippen LogP contribution in [0.2, 0.25) is 0 Å². The van der Waals surface area contributed by atoms with E-state index in [9.17, 15) is 15.5 Å². The van der Waals surface area contributed by atoms with E-state index in [-0.39, 0.29) is 0 Å². The van der Waals surface area contributed by atoms with Crippen LogP contribution in [0.3, 0.4) is 0 Å². The van der Waals surface area contributed by atoms with E-state index in [2.05, 4.69) is 0 Å². The van der Waals surface area contributed by atoms with Crippen LogP contribution in [0.15, 0.2) is 0 Å². The van der Waals surface area contributed by atoms with Crippen molar-refractivity contribution >= 4 is 48.6 Å². The lowest BCUT2D eigenvalue weighted by molar-refractivity contribution is 0.239. The Labute approximate surface area is 78.2 Å². The van der Waals surface area contributed by atoms with E-state index in [1.165, 1.54) is 0 Å². The molecule has 1 N–H and O–H groups in total. The van der Waals surface area contributed by atoms with E-state index in [4.69, 9.17) is 5.11 Å². The molecule has 68 valence electrons. The minimum absolute atomic E-state index is 0.658. The lowest BCUT2D eigenvalue weighted by atomic mass is 10.8. The van der Waals surface area contributed by atoms with Crippen molar-refractivity contribution in [1.82, 2.24) is 0 Å². The zero-order valence-electron chi connectivity index (χ0n) is 4.67. The van der Waals surface area contributed by atoms with Gasteiger partial charge >= 0.3 is 0 Å². The van der Waals surface area contributed by atoms with E-state index < -0.39 is 57.4 Å². The second-order valence-electron chi connectivity index (χ2n) is 1.30. The first kappa shape index (κ1) is 12.1. The van der Waals surface area contributed by atoms with Gasteiger partial charge in [-0.1, -0.05) is 0 Å². The fraction of sp³-hybridized carbons (Fsp3) is 1.00. The number of halogens is 4. The fourth-order valence-electron chi connectivity index (χ4n) is 0.211. The highest BCUT2D eigenvalue weighted by Gasteiger charge is 2.43. The van der Waals surface area contributed by atoms with Gasteiger partial charge in [0, 0.05) is 0 Å². The van der Waals surface area contributed by atoms with Crippen molar-refractivity contribution < 1.29 is 20.6 Å². The summed E-state index contributed by atoms with van der Waals surface area (Å²) in [6, 6.07) is 0. The van der Waals surface area contributed by atoms with Crippen LogP contribution in [-0.2, 0) is 0 Å². The molecule has 0 saturated heterocycles. The topological polar surface area (TPSA) is 20.2 Å². The minimum atomic E-state index is -2.72. The molecule has 0 bridgehead atoms. The molecule has 0 aromatic heterocycles. The monoisotopic (exact) mass is 246 g/mol. The first-order valence-electron chi connectivity index (χ1n) is 2.01. The van der Waals surface area contributed by atoms with Gasteiger partial charge in [0.1, 0.15) is 0 Å². The number of hydrogen-bond acceptors (Lipinski definition) is 5. The Morgan fingerprint density at radius 2 is 1.36 bits per heavy atom. The van der Waals surface area contributed by atoms with Gasteiger partial charge in [-0.2, -0.15) is 15.5 Å². The molecule has 0 saturated carbocycles. The molecule has 9 heteroatoms. The van der Waals surface area contributed by atoms with Gasteiger partial charge in [-0.3, -0.25) is 0 Å². The molecule has 0 amide bonds. The maximum Gasteiger partial charge on any atom is 0.245 e. The van der Waals surface area contributed by atoms with Gasteiger partial charge in [0.15, 0.2) is 4.58 Å². The quantitative estimate of drug-likeness (QED) is 0.590. The molecule has 0 atom stereocenters. The molecule has 0 aliphatic heterocycles. The maximum absolute atomic E-state index is 11.7. The Morgan fingerprint density at radius 1 is 1.00 bits per heavy atom. The second kappa shape index (κ2) is 5.68. The molecule has 0 aromatic rings. The van der Waals surface area contributed by atoms with Gasteiger partial charge < -0.3 is 5.11 Å². The molecule has 0 aliphatic rings. The van der Waals surface area contributed by atoms with Gasteiger partial charge in [0.2, 0.25) is 4.27 Å². The van der Waals surface area contributed by atoms with Crippen LogP contribution in [0.4, 0.5) is 15.5 Å². The summed E-state index contributed by atoms with van der Waals surface area (Å²) >= 11 is -3.01. The first-order valence-corrected chi connectivity index (χ1v) is 5.00. The fourth-order valence-corrected chi connectivity index (χ4v) is 1.66. The highest BCUT2D eigenvalue weighted by molar-refractivity contribution is 8.19. The van der Waals surface area contributed by atoms with Crippen molar-refractivity contribution in [2.45, 2.75) is 8.85 Å². The zero-order valence-corrected chi connectivity index (χ0v) is 7.94. The van der Waals surface area contributed by atoms with Crippen molar-refractivity contribution in [3.05, 3.63) is 0 Å². The number of hydrogen-bond donors (Lipinski definition) is 1. The Kier molecular flexibility index (Phi) is 6.24. The Morgan fingerprint density at radius 3 is 1.45 bits per heavy atom. The number of rotatable bonds is 5. The molecular formula is C2H2F4OS4. The van der Waals surface area contributed by atoms with Gasteiger partial charge in [0.05, 0.1) is 48.6 Å². The van der Waals surface area contributed by atoms with Crippen molar-refractivity contribution in [1.29, 1.82) is 0 Å². The highest BCUT2D eigenvalue weighted by atomic mass is 32.3. The predicted molar refractivity (Wildman–Crippen MR) is 43.5 cm³/mol. The maximum atomic E-state index is 11.7. The molecular weight excluding hydrogens is 244 g/mol. The minimum Gasteiger partial charge on any atom is -0.365 e. The Bertz CT molecular complexity index is 106. The first-order chi connectivity index (χ1) is 5.14. The molecule has 1 nitrogen and oxygen atoms in total. The van der Waals surface area contributed by atoms with Gasteiger partial charge in [0.25, 0.3) is 0 Å². The van der Waals surface area contributed by atoms with E-state index in [0.29, 0.717) is 0 Å². The Hall–Kier alpha value is 1.08. The van der Waals surface area contributed by atoms with E-state index in [1.807, 2.05) is 0 Å². The summed E-state index contributed by atoms with van der Waals surface area (Å²) in [5.74, 6) is 0. The third kappa shape index (κ3) is 3.13. The summed E-state index contributed by atoms with van der Waals surface area (Å²) in [5.41, 5.74) is 0. The van der Waals surface area contributed by atoms with Gasteiger partial charge in [-0.05, 0) is 0 Å². The zero-order chi connectivity index (χ0) is 8.91. The Balaban J connectivity index is 4.19. The smallest absolute Gasteiger partial charge is 0.245 e. The third-order valence-electron chi connectivity index (χ3n) is 0.681. The van der Waals surface area contributed by atoms with Crippen molar-refractivity contribution in [2.24, 2.45) is 0 Å². The summed E-state index contributed by atoms with van der Waals surface area (Å²) in [6.07, 6.45) is 0. The summed E-state index contributed by atoms with van der Waals surface area (Å²) < 4.78 is 42.2. The van der Waals surface area contributed by atoms with E-state index in [0.717, 1.165) is 0 Å². The summed E-state index contributed by atoms with van der Waals surface area (Å²) in [5, 5.41) is 8.74. The van der Waals surface area contributed by atoms with Crippen molar-refractivity contribution in [3.8, 4) is 0 Å². The molecule has 0 spiro atoms. The number of aliphatic hydroxyl groups is 1. The molecule has 0 heterocycles. The molecule has 0 rings (SSSR count). The lowest BCUT2D eigenvalue weighted by Gasteiger charge is -2.20. The average molecular weight is 246 g/mol. The third-order valence-corrected chi connectivity index (χ3v) is 4.01. The molecule has 0 aromatic carbocycles. The SMILES string of the molecule is OC(SF)(SF)C(SF)SF. The summed E-state index contributed by atoms with van der Waals surface area (Å²) in [4.78, 5) is 0. The average Bonchev–Trinajstić information content (AvgIpc) is 2.06. The largest absolute Gasteiger partial charge is 0.365 e. The predicted octanol–water partition coefficient (Wildman–Crippen LogP) is 3.43. The van der Waals surface area contributed by atoms with Gasteiger partial charge in [-0.15, -0.1) is 0 Å². The highest BCUT2D eigenvalue weighted by Crippen LogP contribution is 2.49. The van der Waals surface area contributed by atoms with Crippen LogP contribution in [0, 0.1) is 0 Å². The van der Waals surface area contributed by atoms with Crippen LogP contribution in [0.25, 0.3) is 0 Å². The second-order valence-corrected chi connectivity index (χ2v) is 4.70. The van der Waals surface area contributed by atoms with Crippen LogP contribution >= 0.6 is 48.6 Å². The molecule has 0 radical (unpaired) electrons. The van der Waals surface area contributed by atoms with Crippen molar-refractivity contribution in [3.63, 3.8) is 0 Å². The normalized spacial score (nSPS) is 12.5. The van der Waals surface area contributed by atoms with Crippen LogP contribution in [0.5, 0.6) is 0 Å². The molecule has 0 aliphatic carbocycles. The summed E-state index contributed by atoms with van der Waals surface area (Å²) in [6.45, 7) is 0. The lowest BCUT2D eigenvalue weighted by Crippen LogP contribution is -2.27. The van der Waals surface area contributed by atoms with Crippen LogP contribution in [0.1, 0.15) is 0 Å². The van der Waals surface area contributed by atoms with Crippen LogP contribution < -0.4 is 0 Å². The molecule has 0 unspecified atom stereocenters. The van der Waals surface area contributed by atoms with E-state index >= 15 is 0 Å². The van der Waals surface area contributed by atoms with E-state index in [1.54, 1.807) is 0 Å². The summed E-state index contributed by atoms with van der Waals surface area (Å²) in [7, 11) is 0. The molecule has 0 fully saturated rings. The van der Waals surface area contributed by atoms with Crippen molar-refractivity contribution in [2.75, 3.05) is 0 Å².